The molecule has 3 heterocycles. The SMILES string of the molecule is Cc1cc(N2C(=S)N[C@H](c3ccccn3)[C@H]2c2cc(C)n(-c3ccc(Cl)cc3Cl)c2C)ccc1NS(C)(=O)=O. The fourth-order valence-electron chi connectivity index (χ4n) is 5.18. The monoisotopic (exact) mass is 599 g/mol. The van der Waals surface area contributed by atoms with Crippen molar-refractivity contribution in [1.82, 2.24) is 14.9 Å². The largest absolute Gasteiger partial charge is 0.351 e. The minimum absolute atomic E-state index is 0.234. The second kappa shape index (κ2) is 10.5. The summed E-state index contributed by atoms with van der Waals surface area (Å²) < 4.78 is 28.4. The van der Waals surface area contributed by atoms with E-state index in [0.29, 0.717) is 20.8 Å². The van der Waals surface area contributed by atoms with Crippen LogP contribution in [0.4, 0.5) is 11.4 Å². The van der Waals surface area contributed by atoms with E-state index in [2.05, 4.69) is 37.5 Å². The molecular weight excluding hydrogens is 573 g/mol. The molecule has 0 spiro atoms. The molecule has 0 radical (unpaired) electrons. The smallest absolute Gasteiger partial charge is 0.229 e. The number of rotatable bonds is 6. The predicted molar refractivity (Wildman–Crippen MR) is 163 cm³/mol. The molecular formula is C28H27Cl2N5O2S2. The lowest BCUT2D eigenvalue weighted by atomic mass is 9.96. The maximum atomic E-state index is 11.8. The summed E-state index contributed by atoms with van der Waals surface area (Å²) in [5.74, 6) is 0. The molecule has 0 amide bonds. The van der Waals surface area contributed by atoms with Crippen LogP contribution in [0.5, 0.6) is 0 Å². The van der Waals surface area contributed by atoms with Gasteiger partial charge in [-0.15, -0.1) is 0 Å². The van der Waals surface area contributed by atoms with Crippen molar-refractivity contribution < 1.29 is 8.42 Å². The van der Waals surface area contributed by atoms with Gasteiger partial charge in [-0.25, -0.2) is 8.42 Å². The Kier molecular flexibility index (Phi) is 7.37. The summed E-state index contributed by atoms with van der Waals surface area (Å²) in [6, 6.07) is 18.5. The van der Waals surface area contributed by atoms with Crippen LogP contribution < -0.4 is 14.9 Å². The van der Waals surface area contributed by atoms with Crippen LogP contribution in [0.1, 0.15) is 40.3 Å². The summed E-state index contributed by atoms with van der Waals surface area (Å²) >= 11 is 18.7. The molecule has 2 aromatic heterocycles. The van der Waals surface area contributed by atoms with Gasteiger partial charge in [-0.05, 0) is 98.7 Å². The molecule has 1 saturated heterocycles. The second-order valence-electron chi connectivity index (χ2n) is 9.63. The molecule has 5 rings (SSSR count). The van der Waals surface area contributed by atoms with Crippen LogP contribution in [0, 0.1) is 20.8 Å². The number of anilines is 2. The van der Waals surface area contributed by atoms with E-state index in [1.54, 1.807) is 18.3 Å². The average molecular weight is 601 g/mol. The number of nitrogens with one attached hydrogen (secondary N) is 2. The molecule has 0 aliphatic carbocycles. The Morgan fingerprint density at radius 2 is 1.79 bits per heavy atom. The quantitative estimate of drug-likeness (QED) is 0.241. The maximum absolute atomic E-state index is 11.8. The highest BCUT2D eigenvalue weighted by atomic mass is 35.5. The van der Waals surface area contributed by atoms with Crippen molar-refractivity contribution in [3.05, 3.63) is 105 Å². The van der Waals surface area contributed by atoms with E-state index in [1.165, 1.54) is 0 Å². The number of hydrogen-bond acceptors (Lipinski definition) is 4. The van der Waals surface area contributed by atoms with Crippen molar-refractivity contribution in [2.24, 2.45) is 0 Å². The van der Waals surface area contributed by atoms with Crippen LogP contribution in [-0.4, -0.2) is 29.3 Å². The van der Waals surface area contributed by atoms with Crippen molar-refractivity contribution in [3.63, 3.8) is 0 Å². The van der Waals surface area contributed by atoms with Gasteiger partial charge >= 0.3 is 0 Å². The first-order valence-corrected chi connectivity index (χ1v) is 15.2. The van der Waals surface area contributed by atoms with Crippen molar-refractivity contribution >= 4 is 61.9 Å². The zero-order valence-corrected chi connectivity index (χ0v) is 24.9. The number of benzene rings is 2. The number of sulfonamides is 1. The number of halogens is 2. The third kappa shape index (κ3) is 5.36. The summed E-state index contributed by atoms with van der Waals surface area (Å²) in [6.07, 6.45) is 2.91. The highest BCUT2D eigenvalue weighted by Gasteiger charge is 2.42. The van der Waals surface area contributed by atoms with E-state index in [0.717, 1.165) is 45.8 Å². The first-order valence-electron chi connectivity index (χ1n) is 12.2. The average Bonchev–Trinajstić information content (AvgIpc) is 3.36. The number of pyridine rings is 1. The van der Waals surface area contributed by atoms with Gasteiger partial charge in [0.2, 0.25) is 10.0 Å². The van der Waals surface area contributed by atoms with Crippen LogP contribution in [0.15, 0.2) is 66.9 Å². The van der Waals surface area contributed by atoms with E-state index in [9.17, 15) is 8.42 Å². The Labute approximate surface area is 243 Å². The number of aromatic nitrogens is 2. The molecule has 39 heavy (non-hydrogen) atoms. The summed E-state index contributed by atoms with van der Waals surface area (Å²) in [6.45, 7) is 5.97. The molecule has 1 aliphatic heterocycles. The van der Waals surface area contributed by atoms with Gasteiger partial charge in [0.05, 0.1) is 40.4 Å². The van der Waals surface area contributed by atoms with Crippen LogP contribution in [0.25, 0.3) is 5.69 Å². The number of nitrogens with zero attached hydrogens (tertiary/aromatic N) is 3. The summed E-state index contributed by atoms with van der Waals surface area (Å²) in [7, 11) is -3.41. The normalized spacial score (nSPS) is 17.4. The van der Waals surface area contributed by atoms with Gasteiger partial charge < -0.3 is 14.8 Å². The molecule has 7 nitrogen and oxygen atoms in total. The van der Waals surface area contributed by atoms with E-state index in [-0.39, 0.29) is 12.1 Å². The number of hydrogen-bond donors (Lipinski definition) is 2. The van der Waals surface area contributed by atoms with Crippen molar-refractivity contribution in [1.29, 1.82) is 0 Å². The molecule has 2 atom stereocenters. The molecule has 202 valence electrons. The highest BCUT2D eigenvalue weighted by molar-refractivity contribution is 7.92. The zero-order chi connectivity index (χ0) is 28.1. The topological polar surface area (TPSA) is 79.3 Å². The van der Waals surface area contributed by atoms with Crippen LogP contribution in [-0.2, 0) is 10.0 Å². The lowest BCUT2D eigenvalue weighted by Gasteiger charge is -2.29. The Morgan fingerprint density at radius 1 is 1.03 bits per heavy atom. The maximum Gasteiger partial charge on any atom is 0.229 e. The summed E-state index contributed by atoms with van der Waals surface area (Å²) in [5, 5.41) is 5.16. The highest BCUT2D eigenvalue weighted by Crippen LogP contribution is 2.44. The first-order chi connectivity index (χ1) is 18.4. The van der Waals surface area contributed by atoms with Crippen LogP contribution in [0.2, 0.25) is 10.0 Å². The van der Waals surface area contributed by atoms with Gasteiger partial charge in [0, 0.05) is 28.3 Å². The summed E-state index contributed by atoms with van der Waals surface area (Å²) in [4.78, 5) is 6.71. The van der Waals surface area contributed by atoms with Crippen molar-refractivity contribution in [2.75, 3.05) is 15.9 Å². The third-order valence-corrected chi connectivity index (χ3v) is 8.26. The Bertz CT molecular complexity index is 1690. The van der Waals surface area contributed by atoms with Crippen molar-refractivity contribution in [3.8, 4) is 5.69 Å². The minimum Gasteiger partial charge on any atom is -0.351 e. The molecule has 11 heteroatoms. The van der Waals surface area contributed by atoms with Gasteiger partial charge in [0.25, 0.3) is 0 Å². The lowest BCUT2D eigenvalue weighted by molar-refractivity contribution is 0.565. The van der Waals surface area contributed by atoms with Gasteiger partial charge in [0.1, 0.15) is 0 Å². The predicted octanol–water partition coefficient (Wildman–Crippen LogP) is 6.65. The van der Waals surface area contributed by atoms with Crippen molar-refractivity contribution in [2.45, 2.75) is 32.9 Å². The molecule has 2 N–H and O–H groups in total. The molecule has 0 unspecified atom stereocenters. The van der Waals surface area contributed by atoms with Gasteiger partial charge in [-0.1, -0.05) is 29.3 Å². The fourth-order valence-corrected chi connectivity index (χ4v) is 6.65. The Morgan fingerprint density at radius 3 is 2.44 bits per heavy atom. The fraction of sp³-hybridized carbons (Fsp3) is 0.214. The summed E-state index contributed by atoms with van der Waals surface area (Å²) in [5.41, 5.74) is 6.89. The molecule has 1 aliphatic rings. The van der Waals surface area contributed by atoms with Gasteiger partial charge in [-0.2, -0.15) is 0 Å². The minimum atomic E-state index is -3.41. The van der Waals surface area contributed by atoms with E-state index in [4.69, 9.17) is 35.4 Å². The Hall–Kier alpha value is -3.11. The molecule has 0 saturated carbocycles. The standard InChI is InChI=1S/C28H27Cl2N5O2S2/c1-16-13-20(9-10-23(16)33-39(4,36)37)35-27(26(32-28(35)38)24-7-5-6-12-31-24)21-14-17(2)34(18(21)3)25-11-8-19(29)15-22(25)30/h5-15,26-27,33H,1-4H3,(H,32,38)/t26-,27-/m1/s1. The first kappa shape index (κ1) is 27.5. The van der Waals surface area contributed by atoms with E-state index >= 15 is 0 Å². The van der Waals surface area contributed by atoms with E-state index < -0.39 is 10.0 Å². The second-order valence-corrected chi connectivity index (χ2v) is 12.6. The van der Waals surface area contributed by atoms with Gasteiger partial charge in [0.15, 0.2) is 5.11 Å². The van der Waals surface area contributed by atoms with Gasteiger partial charge in [-0.3, -0.25) is 9.71 Å². The number of aryl methyl sites for hydroxylation is 2. The van der Waals surface area contributed by atoms with Crippen LogP contribution >= 0.6 is 35.4 Å². The molecule has 1 fully saturated rings. The Balaban J connectivity index is 1.66. The number of thiocarbonyl (C=S) groups is 1. The molecule has 2 aromatic carbocycles. The third-order valence-electron chi connectivity index (χ3n) is 6.82. The lowest BCUT2D eigenvalue weighted by Crippen LogP contribution is -2.29. The zero-order valence-electron chi connectivity index (χ0n) is 21.7. The molecule has 0 bridgehead atoms. The van der Waals surface area contributed by atoms with Crippen LogP contribution in [0.3, 0.4) is 0 Å². The van der Waals surface area contributed by atoms with E-state index in [1.807, 2.05) is 56.3 Å². The molecule has 4 aromatic rings.